The van der Waals surface area contributed by atoms with Gasteiger partial charge < -0.3 is 14.2 Å². The first-order valence-corrected chi connectivity index (χ1v) is 11.1. The zero-order valence-electron chi connectivity index (χ0n) is 15.9. The Hall–Kier alpha value is -3.11. The standard InChI is InChI=1S/C20H17N5O3S2/c1-21-19-22-23-20(30-19)29-11-18(26)25-14(16-7-4-8-27-16)10-13(24-25)17-9-12-5-2-3-6-15(12)28-17/h2-9,14H,10-11H2,1H3,(H,21,22)/t14-/m0/s1. The van der Waals surface area contributed by atoms with E-state index in [1.807, 2.05) is 42.5 Å². The van der Waals surface area contributed by atoms with Gasteiger partial charge in [0, 0.05) is 18.9 Å². The second-order valence-corrected chi connectivity index (χ2v) is 8.78. The van der Waals surface area contributed by atoms with Crippen LogP contribution in [0.5, 0.6) is 0 Å². The lowest BCUT2D eigenvalue weighted by Gasteiger charge is -2.19. The molecular weight excluding hydrogens is 422 g/mol. The number of hydrazone groups is 1. The Morgan fingerprint density at radius 1 is 1.30 bits per heavy atom. The Morgan fingerprint density at radius 2 is 2.20 bits per heavy atom. The molecule has 8 nitrogen and oxygen atoms in total. The van der Waals surface area contributed by atoms with Gasteiger partial charge in [0.15, 0.2) is 10.1 Å². The fraction of sp³-hybridized carbons (Fsp3) is 0.200. The van der Waals surface area contributed by atoms with E-state index in [9.17, 15) is 4.79 Å². The number of furan rings is 2. The number of fused-ring (bicyclic) bond motifs is 1. The van der Waals surface area contributed by atoms with E-state index < -0.39 is 0 Å². The van der Waals surface area contributed by atoms with Crippen LogP contribution in [0.3, 0.4) is 0 Å². The Kier molecular flexibility index (Phi) is 5.01. The van der Waals surface area contributed by atoms with Crippen LogP contribution in [0.25, 0.3) is 11.0 Å². The second-order valence-electron chi connectivity index (χ2n) is 6.58. The van der Waals surface area contributed by atoms with Crippen molar-refractivity contribution in [1.29, 1.82) is 0 Å². The van der Waals surface area contributed by atoms with E-state index in [-0.39, 0.29) is 17.7 Å². The number of anilines is 1. The third kappa shape index (κ3) is 3.59. The van der Waals surface area contributed by atoms with Crippen LogP contribution in [0.15, 0.2) is 67.0 Å². The number of carbonyl (C=O) groups excluding carboxylic acids is 1. The quantitative estimate of drug-likeness (QED) is 0.445. The largest absolute Gasteiger partial charge is 0.467 e. The predicted molar refractivity (Wildman–Crippen MR) is 116 cm³/mol. The number of carbonyl (C=O) groups is 1. The summed E-state index contributed by atoms with van der Waals surface area (Å²) >= 11 is 2.75. The number of thioether (sulfide) groups is 1. The maximum atomic E-state index is 13.0. The maximum Gasteiger partial charge on any atom is 0.253 e. The molecule has 1 atom stereocenters. The molecule has 4 aromatic rings. The highest BCUT2D eigenvalue weighted by Gasteiger charge is 2.36. The van der Waals surface area contributed by atoms with Gasteiger partial charge in [-0.25, -0.2) is 5.01 Å². The fourth-order valence-corrected chi connectivity index (χ4v) is 4.83. The van der Waals surface area contributed by atoms with E-state index in [2.05, 4.69) is 20.6 Å². The monoisotopic (exact) mass is 439 g/mol. The fourth-order valence-electron chi connectivity index (χ4n) is 3.27. The number of hydrogen-bond donors (Lipinski definition) is 1. The minimum absolute atomic E-state index is 0.131. The highest BCUT2D eigenvalue weighted by atomic mass is 32.2. The van der Waals surface area contributed by atoms with E-state index in [1.165, 1.54) is 28.1 Å². The predicted octanol–water partition coefficient (Wildman–Crippen LogP) is 4.39. The van der Waals surface area contributed by atoms with E-state index in [4.69, 9.17) is 8.83 Å². The van der Waals surface area contributed by atoms with Gasteiger partial charge in [-0.05, 0) is 24.3 Å². The van der Waals surface area contributed by atoms with Crippen molar-refractivity contribution in [3.8, 4) is 0 Å². The maximum absolute atomic E-state index is 13.0. The molecule has 0 saturated carbocycles. The van der Waals surface area contributed by atoms with Crippen LogP contribution in [0, 0.1) is 0 Å². The molecule has 0 aliphatic carbocycles. The first-order valence-electron chi connectivity index (χ1n) is 9.27. The van der Waals surface area contributed by atoms with Crippen molar-refractivity contribution in [2.24, 2.45) is 5.10 Å². The van der Waals surface area contributed by atoms with Crippen molar-refractivity contribution in [2.45, 2.75) is 16.8 Å². The van der Waals surface area contributed by atoms with Crippen molar-refractivity contribution in [2.75, 3.05) is 18.1 Å². The smallest absolute Gasteiger partial charge is 0.253 e. The Morgan fingerprint density at radius 3 is 2.97 bits per heavy atom. The zero-order valence-corrected chi connectivity index (χ0v) is 17.6. The van der Waals surface area contributed by atoms with Crippen LogP contribution in [0.2, 0.25) is 0 Å². The van der Waals surface area contributed by atoms with E-state index >= 15 is 0 Å². The van der Waals surface area contributed by atoms with Gasteiger partial charge in [-0.3, -0.25) is 4.79 Å². The number of amides is 1. The number of hydrogen-bond acceptors (Lipinski definition) is 9. The molecule has 1 amide bonds. The van der Waals surface area contributed by atoms with Crippen molar-refractivity contribution in [1.82, 2.24) is 15.2 Å². The lowest BCUT2D eigenvalue weighted by atomic mass is 10.1. The third-order valence-electron chi connectivity index (χ3n) is 4.69. The van der Waals surface area contributed by atoms with Crippen LogP contribution in [-0.4, -0.2) is 39.6 Å². The van der Waals surface area contributed by atoms with Gasteiger partial charge in [0.25, 0.3) is 5.91 Å². The molecule has 3 aromatic heterocycles. The minimum Gasteiger partial charge on any atom is -0.467 e. The summed E-state index contributed by atoms with van der Waals surface area (Å²) in [4.78, 5) is 13.0. The lowest BCUT2D eigenvalue weighted by Crippen LogP contribution is -2.28. The van der Waals surface area contributed by atoms with Crippen LogP contribution in [-0.2, 0) is 4.79 Å². The average Bonchev–Trinajstić information content (AvgIpc) is 3.55. The summed E-state index contributed by atoms with van der Waals surface area (Å²) in [6, 6.07) is 13.1. The molecule has 152 valence electrons. The highest BCUT2D eigenvalue weighted by molar-refractivity contribution is 8.01. The minimum atomic E-state index is -0.307. The molecule has 0 bridgehead atoms. The number of nitrogens with one attached hydrogen (secondary N) is 1. The van der Waals surface area contributed by atoms with Gasteiger partial charge in [0.05, 0.1) is 12.0 Å². The summed E-state index contributed by atoms with van der Waals surface area (Å²) in [6.45, 7) is 0. The Labute approximate surface area is 180 Å². The van der Waals surface area contributed by atoms with E-state index in [0.717, 1.165) is 21.0 Å². The first kappa shape index (κ1) is 18.9. The summed E-state index contributed by atoms with van der Waals surface area (Å²) in [6.07, 6.45) is 2.12. The van der Waals surface area contributed by atoms with Crippen LogP contribution in [0.4, 0.5) is 5.13 Å². The van der Waals surface area contributed by atoms with E-state index in [1.54, 1.807) is 13.3 Å². The molecule has 1 aliphatic heterocycles. The second kappa shape index (κ2) is 7.96. The average molecular weight is 440 g/mol. The number of benzene rings is 1. The Bertz CT molecular complexity index is 1180. The SMILES string of the molecule is CNc1nnc(SCC(=O)N2N=C(c3cc4ccccc4o3)C[C@H]2c2ccco2)s1. The summed E-state index contributed by atoms with van der Waals surface area (Å²) in [5.41, 5.74) is 1.51. The number of aromatic nitrogens is 2. The van der Waals surface area contributed by atoms with Crippen molar-refractivity contribution in [3.05, 3.63) is 60.2 Å². The molecule has 0 spiro atoms. The molecule has 1 N–H and O–H groups in total. The molecule has 0 radical (unpaired) electrons. The Balaban J connectivity index is 1.39. The molecule has 30 heavy (non-hydrogen) atoms. The van der Waals surface area contributed by atoms with Gasteiger partial charge in [-0.2, -0.15) is 5.10 Å². The normalized spacial score (nSPS) is 16.2. The number of rotatable bonds is 6. The van der Waals surface area contributed by atoms with Crippen molar-refractivity contribution >= 4 is 50.8 Å². The summed E-state index contributed by atoms with van der Waals surface area (Å²) < 4.78 is 12.3. The topological polar surface area (TPSA) is 96.8 Å². The van der Waals surface area contributed by atoms with Gasteiger partial charge in [0.1, 0.15) is 23.1 Å². The molecule has 1 aromatic carbocycles. The first-order chi connectivity index (χ1) is 14.7. The zero-order chi connectivity index (χ0) is 20.5. The molecule has 0 fully saturated rings. The molecule has 0 saturated heterocycles. The van der Waals surface area contributed by atoms with Gasteiger partial charge in [-0.1, -0.05) is 41.3 Å². The summed E-state index contributed by atoms with van der Waals surface area (Å²) in [7, 11) is 1.78. The van der Waals surface area contributed by atoms with Crippen molar-refractivity contribution < 1.29 is 13.6 Å². The molecule has 5 rings (SSSR count). The number of para-hydroxylation sites is 1. The van der Waals surface area contributed by atoms with Gasteiger partial charge in [0.2, 0.25) is 5.13 Å². The van der Waals surface area contributed by atoms with Crippen LogP contribution < -0.4 is 5.32 Å². The summed E-state index contributed by atoms with van der Waals surface area (Å²) in [5, 5.41) is 18.8. The third-order valence-corrected chi connectivity index (χ3v) is 6.75. The van der Waals surface area contributed by atoms with Gasteiger partial charge >= 0.3 is 0 Å². The number of nitrogens with zero attached hydrogens (tertiary/aromatic N) is 4. The van der Waals surface area contributed by atoms with Crippen molar-refractivity contribution in [3.63, 3.8) is 0 Å². The molecular formula is C20H17N5O3S2. The highest BCUT2D eigenvalue weighted by Crippen LogP contribution is 2.35. The van der Waals surface area contributed by atoms with Gasteiger partial charge in [-0.15, -0.1) is 10.2 Å². The lowest BCUT2D eigenvalue weighted by molar-refractivity contribution is -0.130. The molecule has 0 unspecified atom stereocenters. The van der Waals surface area contributed by atoms with Crippen LogP contribution in [0.1, 0.15) is 24.0 Å². The van der Waals surface area contributed by atoms with E-state index in [0.29, 0.717) is 23.1 Å². The molecule has 10 heteroatoms. The molecule has 1 aliphatic rings. The van der Waals surface area contributed by atoms with Crippen LogP contribution >= 0.6 is 23.1 Å². The molecule has 4 heterocycles. The summed E-state index contributed by atoms with van der Waals surface area (Å²) in [5.74, 6) is 1.43.